The van der Waals surface area contributed by atoms with Gasteiger partial charge in [0.2, 0.25) is 3.67 Å². The summed E-state index contributed by atoms with van der Waals surface area (Å²) in [4.78, 5) is 0. The molecule has 90 valence electrons. The van der Waals surface area contributed by atoms with Gasteiger partial charge in [-0.15, -0.1) is 0 Å². The number of aliphatic hydroxyl groups is 1. The second-order valence-corrected chi connectivity index (χ2v) is 7.75. The van der Waals surface area contributed by atoms with Crippen LogP contribution < -0.4 is 0 Å². The molecule has 0 aliphatic carbocycles. The minimum atomic E-state index is -3.82. The number of sulfone groups is 1. The zero-order valence-electron chi connectivity index (χ0n) is 8.19. The van der Waals surface area contributed by atoms with Gasteiger partial charge in [-0.25, -0.2) is 8.42 Å². The van der Waals surface area contributed by atoms with Crippen LogP contribution in [0, 0.1) is 0 Å². The van der Waals surface area contributed by atoms with E-state index >= 15 is 0 Å². The Morgan fingerprint density at radius 2 is 1.94 bits per heavy atom. The van der Waals surface area contributed by atoms with Crippen LogP contribution in [0.1, 0.15) is 11.7 Å². The SMILES string of the molecule is CS(=O)(=O)C(Cl)(Cl)[C@@H](O)c1cccc(Cl)c1. The summed E-state index contributed by atoms with van der Waals surface area (Å²) in [6, 6.07) is 6.04. The molecular formula is C9H9Cl3O3S. The molecule has 0 saturated carbocycles. The van der Waals surface area contributed by atoms with E-state index in [0.29, 0.717) is 5.02 Å². The first-order chi connectivity index (χ1) is 7.16. The fourth-order valence-electron chi connectivity index (χ4n) is 1.07. The highest BCUT2D eigenvalue weighted by Gasteiger charge is 2.44. The number of rotatable bonds is 3. The molecule has 7 heteroatoms. The van der Waals surface area contributed by atoms with Gasteiger partial charge in [0.1, 0.15) is 6.10 Å². The van der Waals surface area contributed by atoms with Gasteiger partial charge >= 0.3 is 0 Å². The minimum absolute atomic E-state index is 0.239. The zero-order chi connectivity index (χ0) is 12.6. The van der Waals surface area contributed by atoms with E-state index in [-0.39, 0.29) is 5.56 Å². The van der Waals surface area contributed by atoms with Crippen molar-refractivity contribution >= 4 is 44.6 Å². The highest BCUT2D eigenvalue weighted by Crippen LogP contribution is 2.40. The van der Waals surface area contributed by atoms with Crippen LogP contribution in [-0.2, 0) is 9.84 Å². The molecule has 1 aromatic rings. The van der Waals surface area contributed by atoms with Gasteiger partial charge in [0.15, 0.2) is 9.84 Å². The monoisotopic (exact) mass is 302 g/mol. The van der Waals surface area contributed by atoms with Crippen LogP contribution in [0.25, 0.3) is 0 Å². The maximum Gasteiger partial charge on any atom is 0.247 e. The molecule has 0 radical (unpaired) electrons. The first-order valence-electron chi connectivity index (χ1n) is 4.17. The van der Waals surface area contributed by atoms with Crippen LogP contribution in [0.5, 0.6) is 0 Å². The van der Waals surface area contributed by atoms with E-state index < -0.39 is 19.6 Å². The summed E-state index contributed by atoms with van der Waals surface area (Å²) in [5.41, 5.74) is 0.239. The molecule has 0 heterocycles. The van der Waals surface area contributed by atoms with Crippen LogP contribution >= 0.6 is 34.8 Å². The number of hydrogen-bond donors (Lipinski definition) is 1. The Morgan fingerprint density at radius 1 is 1.38 bits per heavy atom. The van der Waals surface area contributed by atoms with Crippen LogP contribution in [0.3, 0.4) is 0 Å². The molecule has 0 bridgehead atoms. The van der Waals surface area contributed by atoms with Crippen LogP contribution in [0.4, 0.5) is 0 Å². The molecule has 16 heavy (non-hydrogen) atoms. The topological polar surface area (TPSA) is 54.4 Å². The van der Waals surface area contributed by atoms with Gasteiger partial charge in [-0.05, 0) is 17.7 Å². The van der Waals surface area contributed by atoms with Crippen molar-refractivity contribution in [1.29, 1.82) is 0 Å². The van der Waals surface area contributed by atoms with Gasteiger partial charge in [0, 0.05) is 11.3 Å². The molecule has 0 saturated heterocycles. The Kier molecular flexibility index (Phi) is 4.13. The van der Waals surface area contributed by atoms with Gasteiger partial charge in [0.05, 0.1) is 0 Å². The zero-order valence-corrected chi connectivity index (χ0v) is 11.3. The lowest BCUT2D eigenvalue weighted by Gasteiger charge is -2.24. The molecule has 3 nitrogen and oxygen atoms in total. The molecule has 0 amide bonds. The standard InChI is InChI=1S/C9H9Cl3O3S/c1-16(14,15)9(11,12)8(13)6-3-2-4-7(10)5-6/h2-5,8,13H,1H3/t8-/m0/s1. The summed E-state index contributed by atoms with van der Waals surface area (Å²) >= 11 is 17.0. The molecule has 1 N–H and O–H groups in total. The second-order valence-electron chi connectivity index (χ2n) is 3.29. The van der Waals surface area contributed by atoms with Gasteiger partial charge in [-0.2, -0.15) is 0 Å². The van der Waals surface area contributed by atoms with Gasteiger partial charge in [0.25, 0.3) is 0 Å². The molecule has 0 aliphatic rings. The number of hydrogen-bond acceptors (Lipinski definition) is 3. The quantitative estimate of drug-likeness (QED) is 0.873. The molecule has 0 spiro atoms. The first-order valence-corrected chi connectivity index (χ1v) is 7.19. The number of alkyl halides is 2. The lowest BCUT2D eigenvalue weighted by molar-refractivity contribution is 0.181. The predicted molar refractivity (Wildman–Crippen MR) is 65.7 cm³/mol. The van der Waals surface area contributed by atoms with Crippen LogP contribution in [0.15, 0.2) is 24.3 Å². The summed E-state index contributed by atoms with van der Waals surface area (Å²) in [7, 11) is -3.82. The summed E-state index contributed by atoms with van der Waals surface area (Å²) in [6.07, 6.45) is -0.717. The van der Waals surface area contributed by atoms with Crippen molar-refractivity contribution < 1.29 is 13.5 Å². The Labute approximate surface area is 109 Å². The van der Waals surface area contributed by atoms with Gasteiger partial charge in [-0.1, -0.05) is 46.9 Å². The first kappa shape index (κ1) is 14.1. The van der Waals surface area contributed by atoms with Gasteiger partial charge in [-0.3, -0.25) is 0 Å². The highest BCUT2D eigenvalue weighted by molar-refractivity contribution is 7.94. The van der Waals surface area contributed by atoms with Gasteiger partial charge < -0.3 is 5.11 Å². The van der Waals surface area contributed by atoms with Crippen molar-refractivity contribution in [3.63, 3.8) is 0 Å². The predicted octanol–water partition coefficient (Wildman–Crippen LogP) is 2.55. The van der Waals surface area contributed by atoms with E-state index in [4.69, 9.17) is 34.8 Å². The fraction of sp³-hybridized carbons (Fsp3) is 0.333. The normalized spacial score (nSPS) is 14.8. The Bertz CT molecular complexity index is 485. The van der Waals surface area contributed by atoms with E-state index in [9.17, 15) is 13.5 Å². The highest BCUT2D eigenvalue weighted by atomic mass is 35.5. The fourth-order valence-corrected chi connectivity index (χ4v) is 2.07. The molecule has 1 rings (SSSR count). The number of halogens is 3. The molecule has 0 aliphatic heterocycles. The molecular weight excluding hydrogens is 295 g/mol. The van der Waals surface area contributed by atoms with E-state index in [0.717, 1.165) is 6.26 Å². The maximum atomic E-state index is 11.3. The summed E-state index contributed by atoms with van der Waals surface area (Å²) in [6.45, 7) is 0. The van der Waals surface area contributed by atoms with E-state index in [1.807, 2.05) is 0 Å². The summed E-state index contributed by atoms with van der Waals surface area (Å²) in [5, 5.41) is 10.2. The van der Waals surface area contributed by atoms with Crippen LogP contribution in [0.2, 0.25) is 5.02 Å². The third-order valence-corrected chi connectivity index (χ3v) is 5.52. The van der Waals surface area contributed by atoms with Crippen molar-refractivity contribution in [3.8, 4) is 0 Å². The summed E-state index contributed by atoms with van der Waals surface area (Å²) < 4.78 is 20.3. The molecule has 0 aromatic heterocycles. The average molecular weight is 304 g/mol. The third-order valence-electron chi connectivity index (χ3n) is 1.98. The van der Waals surface area contributed by atoms with E-state index in [2.05, 4.69) is 0 Å². The van der Waals surface area contributed by atoms with Crippen molar-refractivity contribution in [3.05, 3.63) is 34.9 Å². The Hall–Kier alpha value is -0.000000000000000111. The second kappa shape index (κ2) is 4.70. The lowest BCUT2D eigenvalue weighted by Crippen LogP contribution is -2.32. The van der Waals surface area contributed by atoms with Crippen molar-refractivity contribution in [2.75, 3.05) is 6.26 Å². The van der Waals surface area contributed by atoms with E-state index in [1.165, 1.54) is 12.1 Å². The number of aliphatic hydroxyl groups excluding tert-OH is 1. The Balaban J connectivity index is 3.17. The smallest absolute Gasteiger partial charge is 0.247 e. The molecule has 0 fully saturated rings. The maximum absolute atomic E-state index is 11.3. The molecule has 1 aromatic carbocycles. The average Bonchev–Trinajstić information content (AvgIpc) is 2.14. The number of benzene rings is 1. The Morgan fingerprint density at radius 3 is 2.38 bits per heavy atom. The lowest BCUT2D eigenvalue weighted by atomic mass is 10.1. The third kappa shape index (κ3) is 2.81. The van der Waals surface area contributed by atoms with Crippen molar-refractivity contribution in [2.45, 2.75) is 9.77 Å². The summed E-state index contributed by atoms with van der Waals surface area (Å²) in [5.74, 6) is 0. The molecule has 0 unspecified atom stereocenters. The van der Waals surface area contributed by atoms with E-state index in [1.54, 1.807) is 12.1 Å². The van der Waals surface area contributed by atoms with Crippen LogP contribution in [-0.4, -0.2) is 23.4 Å². The van der Waals surface area contributed by atoms with Crippen molar-refractivity contribution in [2.24, 2.45) is 0 Å². The largest absolute Gasteiger partial charge is 0.384 e. The minimum Gasteiger partial charge on any atom is -0.384 e. The molecule has 1 atom stereocenters. The van der Waals surface area contributed by atoms with Crippen molar-refractivity contribution in [1.82, 2.24) is 0 Å².